The Labute approximate surface area is 312 Å². The molecule has 2 atom stereocenters. The molecule has 10 nitrogen and oxygen atoms in total. The van der Waals surface area contributed by atoms with Crippen LogP contribution < -0.4 is 5.32 Å². The SMILES string of the molecule is C=Cc1c(C)c2cc3nc(c(CC(=O)OC)c4[nH]c(cc5nc(cc1[nH]2)C(C)=C5CC)c(C)c4C(=O)NCCCCCCC)C(CCC(=O)OC)C3C. The van der Waals surface area contributed by atoms with E-state index in [0.717, 1.165) is 93.6 Å². The minimum atomic E-state index is -0.462. The predicted octanol–water partition coefficient (Wildman–Crippen LogP) is 9.17. The molecule has 2 aliphatic heterocycles. The van der Waals surface area contributed by atoms with Crippen LogP contribution in [0, 0.1) is 13.8 Å². The number of nitrogens with zero attached hydrogens (tertiary/aromatic N) is 2. The van der Waals surface area contributed by atoms with Crippen molar-refractivity contribution in [3.63, 3.8) is 0 Å². The molecule has 0 spiro atoms. The lowest BCUT2D eigenvalue weighted by atomic mass is 9.85. The van der Waals surface area contributed by atoms with E-state index in [0.29, 0.717) is 35.3 Å². The van der Waals surface area contributed by atoms with E-state index in [9.17, 15) is 14.4 Å². The predicted molar refractivity (Wildman–Crippen MR) is 213 cm³/mol. The van der Waals surface area contributed by atoms with Crippen molar-refractivity contribution in [3.8, 4) is 0 Å². The van der Waals surface area contributed by atoms with Gasteiger partial charge in [-0.1, -0.05) is 59.1 Å². The van der Waals surface area contributed by atoms with E-state index in [1.807, 2.05) is 25.1 Å². The largest absolute Gasteiger partial charge is 0.469 e. The first-order chi connectivity index (χ1) is 25.5. The molecule has 3 aromatic heterocycles. The number of hydrogen-bond donors (Lipinski definition) is 3. The van der Waals surface area contributed by atoms with Gasteiger partial charge < -0.3 is 24.8 Å². The number of ether oxygens (including phenoxy) is 2. The van der Waals surface area contributed by atoms with Crippen molar-refractivity contribution >= 4 is 57.1 Å². The Morgan fingerprint density at radius 1 is 0.887 bits per heavy atom. The fourth-order valence-corrected chi connectivity index (χ4v) is 7.72. The van der Waals surface area contributed by atoms with E-state index in [1.165, 1.54) is 20.6 Å². The molecule has 5 rings (SSSR count). The van der Waals surface area contributed by atoms with Crippen LogP contribution in [0.3, 0.4) is 0 Å². The van der Waals surface area contributed by atoms with Gasteiger partial charge in [-0.2, -0.15) is 0 Å². The number of carbonyl (C=O) groups is 3. The molecule has 0 radical (unpaired) electrons. The van der Waals surface area contributed by atoms with Crippen LogP contribution in [0.4, 0.5) is 0 Å². The third-order valence-corrected chi connectivity index (χ3v) is 11.0. The number of hydrogen-bond acceptors (Lipinski definition) is 7. The third-order valence-electron chi connectivity index (χ3n) is 11.0. The van der Waals surface area contributed by atoms with Gasteiger partial charge in [-0.3, -0.25) is 19.4 Å². The van der Waals surface area contributed by atoms with Crippen molar-refractivity contribution in [2.75, 3.05) is 20.8 Å². The van der Waals surface area contributed by atoms with Gasteiger partial charge in [0.05, 0.1) is 48.8 Å². The molecule has 53 heavy (non-hydrogen) atoms. The molecular weight excluding hydrogens is 667 g/mol. The van der Waals surface area contributed by atoms with Crippen LogP contribution in [0.5, 0.6) is 0 Å². The van der Waals surface area contributed by atoms with Crippen molar-refractivity contribution in [2.45, 2.75) is 111 Å². The first kappa shape index (κ1) is 39.2. The second kappa shape index (κ2) is 17.2. The van der Waals surface area contributed by atoms with Gasteiger partial charge in [0.15, 0.2) is 0 Å². The lowest BCUT2D eigenvalue weighted by Gasteiger charge is -2.18. The number of aryl methyl sites for hydroxylation is 2. The lowest BCUT2D eigenvalue weighted by molar-refractivity contribution is -0.141. The maximum Gasteiger partial charge on any atom is 0.310 e. The quantitative estimate of drug-likeness (QED) is 0.111. The molecule has 10 heteroatoms. The summed E-state index contributed by atoms with van der Waals surface area (Å²) in [5, 5.41) is 3.17. The average Bonchev–Trinajstić information content (AvgIpc) is 3.83. The van der Waals surface area contributed by atoms with Gasteiger partial charge >= 0.3 is 11.9 Å². The fraction of sp³-hybridized carbons (Fsp3) is 0.465. The van der Waals surface area contributed by atoms with Crippen LogP contribution in [-0.4, -0.2) is 58.5 Å². The highest BCUT2D eigenvalue weighted by Gasteiger charge is 2.34. The number of methoxy groups -OCH3 is 2. The molecule has 0 aromatic carbocycles. The third kappa shape index (κ3) is 8.16. The first-order valence-electron chi connectivity index (χ1n) is 19.0. The molecule has 3 N–H and O–H groups in total. The highest BCUT2D eigenvalue weighted by molar-refractivity contribution is 6.06. The summed E-state index contributed by atoms with van der Waals surface area (Å²) >= 11 is 0. The summed E-state index contributed by atoms with van der Waals surface area (Å²) in [6.45, 7) is 17.1. The van der Waals surface area contributed by atoms with Gasteiger partial charge in [0.2, 0.25) is 0 Å². The van der Waals surface area contributed by atoms with Crippen LogP contribution >= 0.6 is 0 Å². The number of unbranched alkanes of at least 4 members (excludes halogenated alkanes) is 4. The Morgan fingerprint density at radius 2 is 1.58 bits per heavy atom. The molecule has 0 saturated carbocycles. The molecule has 8 bridgehead atoms. The van der Waals surface area contributed by atoms with Gasteiger partial charge in [-0.05, 0) is 80.5 Å². The van der Waals surface area contributed by atoms with E-state index in [2.05, 4.69) is 62.5 Å². The number of nitrogens with one attached hydrogen (secondary N) is 3. The molecule has 5 heterocycles. The number of rotatable bonds is 14. The molecule has 282 valence electrons. The minimum Gasteiger partial charge on any atom is -0.469 e. The summed E-state index contributed by atoms with van der Waals surface area (Å²) in [7, 11) is 2.74. The number of fused-ring (bicyclic) bond motifs is 8. The highest BCUT2D eigenvalue weighted by atomic mass is 16.5. The Kier molecular flexibility index (Phi) is 12.7. The maximum atomic E-state index is 14.3. The normalized spacial score (nSPS) is 15.4. The van der Waals surface area contributed by atoms with Crippen molar-refractivity contribution in [2.24, 2.45) is 0 Å². The number of allylic oxidation sites excluding steroid dienone is 2. The second-order valence-corrected chi connectivity index (χ2v) is 14.2. The number of carbonyl (C=O) groups excluding carboxylic acids is 3. The Bertz CT molecular complexity index is 2100. The van der Waals surface area contributed by atoms with Crippen LogP contribution in [0.1, 0.15) is 146 Å². The number of aromatic amines is 2. The number of amides is 1. The van der Waals surface area contributed by atoms with Crippen LogP contribution in [0.25, 0.3) is 39.3 Å². The smallest absolute Gasteiger partial charge is 0.310 e. The first-order valence-corrected chi connectivity index (χ1v) is 19.0. The van der Waals surface area contributed by atoms with Crippen LogP contribution in [0.15, 0.2) is 24.8 Å². The summed E-state index contributed by atoms with van der Waals surface area (Å²) in [5.74, 6) is -1.39. The zero-order valence-electron chi connectivity index (χ0n) is 32.7. The summed E-state index contributed by atoms with van der Waals surface area (Å²) in [6.07, 6.45) is 8.46. The number of aromatic nitrogens is 4. The lowest BCUT2D eigenvalue weighted by Crippen LogP contribution is -2.25. The van der Waals surface area contributed by atoms with E-state index in [-0.39, 0.29) is 36.6 Å². The van der Waals surface area contributed by atoms with Crippen LogP contribution in [0.2, 0.25) is 0 Å². The topological polar surface area (TPSA) is 139 Å². The zero-order chi connectivity index (χ0) is 38.4. The van der Waals surface area contributed by atoms with E-state index >= 15 is 0 Å². The Morgan fingerprint density at radius 3 is 2.26 bits per heavy atom. The highest BCUT2D eigenvalue weighted by Crippen LogP contribution is 2.43. The minimum absolute atomic E-state index is 0.125. The van der Waals surface area contributed by atoms with Gasteiger partial charge in [0.25, 0.3) is 5.91 Å². The van der Waals surface area contributed by atoms with Crippen molar-refractivity contribution in [3.05, 3.63) is 75.4 Å². The summed E-state index contributed by atoms with van der Waals surface area (Å²) in [4.78, 5) is 57.6. The molecule has 3 aromatic rings. The Balaban J connectivity index is 1.91. The van der Waals surface area contributed by atoms with Crippen molar-refractivity contribution in [1.82, 2.24) is 25.3 Å². The number of esters is 2. The molecule has 0 saturated heterocycles. The summed E-state index contributed by atoms with van der Waals surface area (Å²) < 4.78 is 10.3. The van der Waals surface area contributed by atoms with E-state index in [1.54, 1.807) is 0 Å². The van der Waals surface area contributed by atoms with E-state index in [4.69, 9.17) is 19.4 Å². The standard InChI is InChI=1S/C43H55N5O5/c1-10-13-14-15-16-19-44-43(51)40-27(7)35-23-37-29(12-3)25(5)33(46-37)22-36-28(11-2)24(4)32(45-36)21-34-26(6)30(17-18-38(49)52-8)41(47-34)31(42(40)48-35)20-39(50)53-9/h11,21-23,26,30,45,48H,2,10,12-20H2,1,3-9H3,(H,44,51). The van der Waals surface area contributed by atoms with Crippen molar-refractivity contribution in [1.29, 1.82) is 0 Å². The maximum absolute atomic E-state index is 14.3. The monoisotopic (exact) mass is 721 g/mol. The molecule has 0 fully saturated rings. The van der Waals surface area contributed by atoms with Gasteiger partial charge in [-0.25, -0.2) is 4.98 Å². The summed E-state index contributed by atoms with van der Waals surface area (Å²) in [5.41, 5.74) is 12.1. The van der Waals surface area contributed by atoms with E-state index < -0.39 is 5.97 Å². The Hall–Kier alpha value is -4.99. The van der Waals surface area contributed by atoms with Gasteiger partial charge in [-0.15, -0.1) is 0 Å². The van der Waals surface area contributed by atoms with Gasteiger partial charge in [0, 0.05) is 58.2 Å². The molecular formula is C43H55N5O5. The molecule has 2 aliphatic rings. The molecule has 0 aliphatic carbocycles. The summed E-state index contributed by atoms with van der Waals surface area (Å²) in [6, 6.07) is 6.12. The average molecular weight is 722 g/mol. The van der Waals surface area contributed by atoms with Crippen LogP contribution in [-0.2, 0) is 25.5 Å². The molecule has 1 amide bonds. The van der Waals surface area contributed by atoms with Gasteiger partial charge in [0.1, 0.15) is 0 Å². The fourth-order valence-electron chi connectivity index (χ4n) is 7.72. The molecule has 2 unspecified atom stereocenters. The second-order valence-electron chi connectivity index (χ2n) is 14.2. The number of H-pyrrole nitrogens is 2. The zero-order valence-corrected chi connectivity index (χ0v) is 32.7. The van der Waals surface area contributed by atoms with Crippen molar-refractivity contribution < 1.29 is 23.9 Å².